The summed E-state index contributed by atoms with van der Waals surface area (Å²) >= 11 is 0. The van der Waals surface area contributed by atoms with Gasteiger partial charge in [0.1, 0.15) is 0 Å². The summed E-state index contributed by atoms with van der Waals surface area (Å²) < 4.78 is 24.3. The van der Waals surface area contributed by atoms with Crippen LogP contribution in [0.5, 0.6) is 0 Å². The summed E-state index contributed by atoms with van der Waals surface area (Å²) in [6.07, 6.45) is 1.24. The van der Waals surface area contributed by atoms with Gasteiger partial charge in [-0.05, 0) is 10.3 Å². The van der Waals surface area contributed by atoms with Crippen LogP contribution in [0, 0.1) is 0 Å². The Hall–Kier alpha value is -0.230. The molecule has 0 aliphatic carbocycles. The van der Waals surface area contributed by atoms with Crippen LogP contribution in [0.4, 0.5) is 0 Å². The predicted octanol–water partition coefficient (Wildman–Crippen LogP) is -0.894. The Kier molecular flexibility index (Phi) is 2.85. The Labute approximate surface area is 48.7 Å². The van der Waals surface area contributed by atoms with E-state index in [9.17, 15) is 8.76 Å². The van der Waals surface area contributed by atoms with Crippen molar-refractivity contribution < 1.29 is 18.9 Å². The first-order chi connectivity index (χ1) is 3.62. The smallest absolute Gasteiger partial charge is 0.159 e. The molecule has 0 heterocycles. The van der Waals surface area contributed by atoms with E-state index in [1.165, 1.54) is 6.08 Å². The van der Waals surface area contributed by atoms with Gasteiger partial charge in [0.05, 0.1) is 4.55 Å². The summed E-state index contributed by atoms with van der Waals surface area (Å²) in [5.41, 5.74) is 0. The van der Waals surface area contributed by atoms with Crippen LogP contribution in [0.15, 0.2) is 12.7 Å². The molecule has 0 fully saturated rings. The van der Waals surface area contributed by atoms with Crippen LogP contribution in [0.25, 0.3) is 0 Å². The van der Waals surface area contributed by atoms with Gasteiger partial charge in [0.15, 0.2) is 0 Å². The van der Waals surface area contributed by atoms with Crippen molar-refractivity contribution in [1.82, 2.24) is 0 Å². The molecule has 1 atom stereocenters. The molecule has 0 saturated heterocycles. The lowest BCUT2D eigenvalue weighted by molar-refractivity contribution is -0.637. The monoisotopic (exact) mass is 138 g/mol. The molecule has 47 valence electrons. The lowest BCUT2D eigenvalue weighted by atomic mass is 10.8. The summed E-state index contributed by atoms with van der Waals surface area (Å²) in [5.74, 6) is 2.56. The van der Waals surface area contributed by atoms with Crippen molar-refractivity contribution in [3.63, 3.8) is 0 Å². The molecule has 0 bridgehead atoms. The van der Waals surface area contributed by atoms with E-state index in [2.05, 4.69) is 16.8 Å². The molecule has 5 heteroatoms. The topological polar surface area (TPSA) is 73.8 Å². The largest absolute Gasteiger partial charge is 0.452 e. The summed E-state index contributed by atoms with van der Waals surface area (Å²) in [7, 11) is -3.40. The average Bonchev–Trinajstić information content (AvgIpc) is 1.67. The van der Waals surface area contributed by atoms with E-state index >= 15 is 0 Å². The summed E-state index contributed by atoms with van der Waals surface area (Å²) in [6.45, 7) is 3.21. The van der Waals surface area contributed by atoms with E-state index in [1.807, 2.05) is 0 Å². The molecule has 0 rings (SSSR count). The second-order valence-electron chi connectivity index (χ2n) is 1.13. The van der Waals surface area contributed by atoms with Crippen LogP contribution < -0.4 is 5.90 Å². The third-order valence-electron chi connectivity index (χ3n) is 0.502. The second-order valence-corrected chi connectivity index (χ2v) is 2.82. The zero-order valence-electron chi connectivity index (χ0n) is 4.33. The zero-order valence-corrected chi connectivity index (χ0v) is 5.15. The van der Waals surface area contributed by atoms with Crippen molar-refractivity contribution in [2.75, 3.05) is 5.75 Å². The fourth-order valence-electron chi connectivity index (χ4n) is 0.192. The van der Waals surface area contributed by atoms with Gasteiger partial charge in [-0.1, -0.05) is 6.58 Å². The third-order valence-corrected chi connectivity index (χ3v) is 1.50. The highest BCUT2D eigenvalue weighted by Gasteiger charge is 2.29. The van der Waals surface area contributed by atoms with Crippen molar-refractivity contribution >= 4 is 10.5 Å². The molecule has 1 unspecified atom stereocenters. The normalized spacial score (nSPS) is 17.2. The quantitative estimate of drug-likeness (QED) is 0.312. The molecule has 0 amide bonds. The van der Waals surface area contributed by atoms with E-state index < -0.39 is 10.5 Å². The Morgan fingerprint density at radius 1 is 1.88 bits per heavy atom. The van der Waals surface area contributed by atoms with Crippen LogP contribution in [-0.4, -0.2) is 5.75 Å². The maximum atomic E-state index is 10.2. The van der Waals surface area contributed by atoms with E-state index in [-0.39, 0.29) is 5.75 Å². The molecule has 0 aliphatic heterocycles. The lowest BCUT2D eigenvalue weighted by Crippen LogP contribution is -2.53. The van der Waals surface area contributed by atoms with Gasteiger partial charge in [-0.15, -0.1) is 0 Å². The molecule has 0 saturated carbocycles. The molecule has 4 nitrogen and oxygen atoms in total. The van der Waals surface area contributed by atoms with Crippen molar-refractivity contribution in [1.29, 1.82) is 0 Å². The third kappa shape index (κ3) is 2.86. The van der Waals surface area contributed by atoms with E-state index in [4.69, 9.17) is 0 Å². The lowest BCUT2D eigenvalue weighted by Gasteiger charge is -1.84. The highest BCUT2D eigenvalue weighted by Crippen LogP contribution is 1.96. The summed E-state index contributed by atoms with van der Waals surface area (Å²) in [4.78, 5) is 0. The average molecular weight is 138 g/mol. The van der Waals surface area contributed by atoms with Crippen LogP contribution >= 0.6 is 0 Å². The maximum absolute atomic E-state index is 10.2. The molecule has 0 aliphatic rings. The van der Waals surface area contributed by atoms with Gasteiger partial charge in [0.25, 0.3) is 0 Å². The number of rotatable bonds is 3. The van der Waals surface area contributed by atoms with Gasteiger partial charge in [-0.2, -0.15) is 5.90 Å². The maximum Gasteiger partial charge on any atom is 0.452 e. The molecule has 3 N–H and O–H groups in total. The first-order valence-electron chi connectivity index (χ1n) is 1.89. The zero-order chi connectivity index (χ0) is 6.62. The van der Waals surface area contributed by atoms with E-state index in [0.29, 0.717) is 0 Å². The van der Waals surface area contributed by atoms with E-state index in [0.717, 1.165) is 0 Å². The fraction of sp³-hybridized carbons (Fsp3) is 0.333. The first kappa shape index (κ1) is 7.77. The van der Waals surface area contributed by atoms with Crippen LogP contribution in [0.3, 0.4) is 0 Å². The standard InChI is InChI=1S/C3H8NO3S/c1-2-3-8(5,6)7-4/h2H,1,3H2,4H3/q+2. The minimum atomic E-state index is -3.40. The predicted molar refractivity (Wildman–Crippen MR) is 27.8 cm³/mol. The molecule has 0 aromatic heterocycles. The number of hydrogen-bond donors (Lipinski definition) is 1. The minimum absolute atomic E-state index is 0.184. The SMILES string of the molecule is C=CC[S+]([O])(=O)O[NH3+]. The van der Waals surface area contributed by atoms with Gasteiger partial charge in [-0.25, -0.2) is 0 Å². The molecule has 1 radical (unpaired) electrons. The van der Waals surface area contributed by atoms with Gasteiger partial charge >= 0.3 is 10.5 Å². The first-order valence-corrected chi connectivity index (χ1v) is 3.47. The van der Waals surface area contributed by atoms with Crippen molar-refractivity contribution in [2.45, 2.75) is 0 Å². The fourth-order valence-corrected chi connectivity index (χ4v) is 0.577. The van der Waals surface area contributed by atoms with Crippen molar-refractivity contribution in [2.24, 2.45) is 0 Å². The van der Waals surface area contributed by atoms with E-state index in [1.54, 1.807) is 0 Å². The molecule has 0 spiro atoms. The van der Waals surface area contributed by atoms with Crippen LogP contribution in [-0.2, 0) is 23.5 Å². The van der Waals surface area contributed by atoms with Crippen LogP contribution in [0.2, 0.25) is 0 Å². The van der Waals surface area contributed by atoms with Gasteiger partial charge in [0.2, 0.25) is 5.75 Å². The highest BCUT2D eigenvalue weighted by molar-refractivity contribution is 7.92. The number of quaternary nitrogens is 1. The molecule has 0 aromatic rings. The molecule has 8 heavy (non-hydrogen) atoms. The summed E-state index contributed by atoms with van der Waals surface area (Å²) in [5, 5.41) is 0. The number of hydrogen-bond acceptors (Lipinski definition) is 2. The summed E-state index contributed by atoms with van der Waals surface area (Å²) in [6, 6.07) is 0. The molecule has 0 aromatic carbocycles. The molecular weight excluding hydrogens is 130 g/mol. The second kappa shape index (κ2) is 2.93. The Balaban J connectivity index is 3.72. The van der Waals surface area contributed by atoms with Gasteiger partial charge in [0, 0.05) is 4.28 Å². The Morgan fingerprint density at radius 3 is 2.50 bits per heavy atom. The Morgan fingerprint density at radius 2 is 2.38 bits per heavy atom. The van der Waals surface area contributed by atoms with Gasteiger partial charge < -0.3 is 0 Å². The van der Waals surface area contributed by atoms with Crippen molar-refractivity contribution in [3.05, 3.63) is 12.7 Å². The van der Waals surface area contributed by atoms with Crippen LogP contribution in [0.1, 0.15) is 0 Å². The van der Waals surface area contributed by atoms with Crippen molar-refractivity contribution in [3.8, 4) is 0 Å². The minimum Gasteiger partial charge on any atom is -0.159 e. The molecular formula is C3H8NO3S+2. The van der Waals surface area contributed by atoms with Gasteiger partial charge in [-0.3, -0.25) is 0 Å². The highest BCUT2D eigenvalue weighted by atomic mass is 32.3. The Bertz CT molecular complexity index is 124.